The number of ether oxygens (including phenoxy) is 6. The molecule has 0 aromatic rings. The summed E-state index contributed by atoms with van der Waals surface area (Å²) in [6, 6.07) is 0. The molecule has 450 valence electrons. The van der Waals surface area contributed by atoms with Gasteiger partial charge in [0.1, 0.15) is 54.9 Å². The summed E-state index contributed by atoms with van der Waals surface area (Å²) in [5, 5.41) is 72.4. The monoisotopic (exact) mass is 1090 g/mol. The van der Waals surface area contributed by atoms with Crippen LogP contribution in [0.1, 0.15) is 245 Å². The number of allylic oxidation sites excluding steroid dienone is 8. The van der Waals surface area contributed by atoms with E-state index in [1.165, 1.54) is 161 Å². The highest BCUT2D eigenvalue weighted by Gasteiger charge is 2.47. The fourth-order valence-electron chi connectivity index (χ4n) is 9.76. The lowest BCUT2D eigenvalue weighted by atomic mass is 9.98. The maximum absolute atomic E-state index is 13.1. The van der Waals surface area contributed by atoms with Gasteiger partial charge in [-0.15, -0.1) is 0 Å². The molecule has 0 aromatic heterocycles. The van der Waals surface area contributed by atoms with Crippen molar-refractivity contribution in [2.75, 3.05) is 33.0 Å². The zero-order valence-corrected chi connectivity index (χ0v) is 48.4. The molecule has 11 unspecified atom stereocenters. The summed E-state index contributed by atoms with van der Waals surface area (Å²) in [4.78, 5) is 13.1. The molecular weight excluding hydrogens is 981 g/mol. The molecule has 2 aliphatic rings. The van der Waals surface area contributed by atoms with Gasteiger partial charge in [-0.2, -0.15) is 0 Å². The van der Waals surface area contributed by atoms with Gasteiger partial charge in [-0.1, -0.05) is 210 Å². The average molecular weight is 1100 g/mol. The third-order valence-electron chi connectivity index (χ3n) is 14.8. The van der Waals surface area contributed by atoms with Crippen LogP contribution >= 0.6 is 0 Å². The van der Waals surface area contributed by atoms with E-state index < -0.39 is 80.7 Å². The Balaban J connectivity index is 1.68. The fraction of sp³-hybridized carbons (Fsp3) is 0.857. The molecule has 0 bridgehead atoms. The number of hydrogen-bond acceptors (Lipinski definition) is 14. The molecule has 0 radical (unpaired) electrons. The summed E-state index contributed by atoms with van der Waals surface area (Å²) in [7, 11) is 0. The smallest absolute Gasteiger partial charge is 0.306 e. The van der Waals surface area contributed by atoms with Crippen molar-refractivity contribution in [3.05, 3.63) is 48.6 Å². The maximum atomic E-state index is 13.1. The molecule has 7 N–H and O–H groups in total. The Hall–Kier alpha value is -2.05. The summed E-state index contributed by atoms with van der Waals surface area (Å²) in [5.74, 6) is -0.380. The van der Waals surface area contributed by atoms with E-state index in [0.29, 0.717) is 13.0 Å². The van der Waals surface area contributed by atoms with Crippen molar-refractivity contribution in [3.63, 3.8) is 0 Å². The first-order valence-electron chi connectivity index (χ1n) is 31.2. The highest BCUT2D eigenvalue weighted by atomic mass is 16.7. The summed E-state index contributed by atoms with van der Waals surface area (Å²) in [6.45, 7) is 3.69. The highest BCUT2D eigenvalue weighted by Crippen LogP contribution is 2.27. The normalized spacial score (nSPS) is 24.6. The predicted molar refractivity (Wildman–Crippen MR) is 307 cm³/mol. The molecule has 0 aliphatic carbocycles. The van der Waals surface area contributed by atoms with Gasteiger partial charge in [-0.25, -0.2) is 0 Å². The lowest BCUT2D eigenvalue weighted by Gasteiger charge is -2.42. The van der Waals surface area contributed by atoms with Crippen molar-refractivity contribution < 1.29 is 69.0 Å². The summed E-state index contributed by atoms with van der Waals surface area (Å²) in [6.07, 6.45) is 44.6. The van der Waals surface area contributed by atoms with Gasteiger partial charge in [0.05, 0.1) is 26.4 Å². The fourth-order valence-corrected chi connectivity index (χ4v) is 9.76. The van der Waals surface area contributed by atoms with Crippen molar-refractivity contribution in [3.8, 4) is 0 Å². The molecule has 0 amide bonds. The van der Waals surface area contributed by atoms with E-state index in [4.69, 9.17) is 28.4 Å². The molecule has 2 aliphatic heterocycles. The van der Waals surface area contributed by atoms with Crippen molar-refractivity contribution in [1.29, 1.82) is 0 Å². The molecule has 2 fully saturated rings. The molecule has 14 heteroatoms. The van der Waals surface area contributed by atoms with E-state index in [1.807, 2.05) is 0 Å². The highest BCUT2D eigenvalue weighted by molar-refractivity contribution is 5.69. The van der Waals surface area contributed by atoms with Crippen LogP contribution < -0.4 is 0 Å². The van der Waals surface area contributed by atoms with Crippen LogP contribution in [0.15, 0.2) is 48.6 Å². The van der Waals surface area contributed by atoms with Crippen LogP contribution in [0.4, 0.5) is 0 Å². The van der Waals surface area contributed by atoms with Gasteiger partial charge in [0.15, 0.2) is 12.6 Å². The number of aliphatic hydroxyl groups excluding tert-OH is 7. The standard InChI is InChI=1S/C63H114O14/c1-3-5-7-9-11-13-15-17-19-21-22-23-24-25-26-27-28-29-31-33-35-37-39-41-43-45-47-72-49-52(75-55(65)46-44-42-40-38-36-34-32-30-20-18-16-14-12-10-8-6-4-2)50-73-62-61(71)59(69)57(67)54(77-62)51-74-63-60(70)58(68)56(66)53(48-64)76-63/h15,17-18,20-22,24-25,52-54,56-64,66-71H,3-14,16,19,23,26-51H2,1-2H3/b17-15-,20-18-,22-21-,25-24-. The minimum absolute atomic E-state index is 0.0582. The molecule has 2 saturated heterocycles. The van der Waals surface area contributed by atoms with Gasteiger partial charge in [-0.05, 0) is 77.0 Å². The first kappa shape index (κ1) is 71.1. The summed E-state index contributed by atoms with van der Waals surface area (Å²) < 4.78 is 34.4. The zero-order chi connectivity index (χ0) is 55.8. The van der Waals surface area contributed by atoms with Crippen LogP contribution in [-0.4, -0.2) is 142 Å². The molecule has 0 spiro atoms. The van der Waals surface area contributed by atoms with Gasteiger partial charge < -0.3 is 64.2 Å². The SMILES string of the molecule is CCCCCCC/C=C\C/C=C\C/C=C\CCCCCCCCCCCCCOCC(COC1OC(COC2OC(CO)C(O)C(O)C2O)C(O)C(O)C1O)OC(=O)CCCCCCCCC/C=C\CCCCCCCC. The van der Waals surface area contributed by atoms with Crippen molar-refractivity contribution in [1.82, 2.24) is 0 Å². The van der Waals surface area contributed by atoms with Crippen molar-refractivity contribution in [2.45, 2.75) is 313 Å². The number of carbonyl (C=O) groups is 1. The minimum atomic E-state index is -1.71. The Kier molecular flexibility index (Phi) is 45.9. The number of carbonyl (C=O) groups excluding carboxylic acids is 1. The second kappa shape index (κ2) is 49.7. The van der Waals surface area contributed by atoms with E-state index in [1.54, 1.807) is 0 Å². The van der Waals surface area contributed by atoms with E-state index in [9.17, 15) is 40.5 Å². The Morgan fingerprint density at radius 2 is 0.805 bits per heavy atom. The number of esters is 1. The topological polar surface area (TPSA) is 214 Å². The first-order valence-corrected chi connectivity index (χ1v) is 31.2. The van der Waals surface area contributed by atoms with Gasteiger partial charge in [0.2, 0.25) is 0 Å². The average Bonchev–Trinajstić information content (AvgIpc) is 3.43. The molecule has 11 atom stereocenters. The summed E-state index contributed by atoms with van der Waals surface area (Å²) in [5.41, 5.74) is 0. The third-order valence-corrected chi connectivity index (χ3v) is 14.8. The van der Waals surface area contributed by atoms with Crippen molar-refractivity contribution in [2.24, 2.45) is 0 Å². The van der Waals surface area contributed by atoms with Gasteiger partial charge in [0, 0.05) is 13.0 Å². The number of hydrogen-bond donors (Lipinski definition) is 7. The van der Waals surface area contributed by atoms with E-state index in [-0.39, 0.29) is 25.6 Å². The number of unbranched alkanes of at least 4 members (excludes halogenated alkanes) is 29. The van der Waals surface area contributed by atoms with Gasteiger partial charge >= 0.3 is 5.97 Å². The largest absolute Gasteiger partial charge is 0.457 e. The Labute approximate surface area is 467 Å². The minimum Gasteiger partial charge on any atom is -0.457 e. The quantitative estimate of drug-likeness (QED) is 0.0172. The second-order valence-corrected chi connectivity index (χ2v) is 21.9. The molecule has 77 heavy (non-hydrogen) atoms. The lowest BCUT2D eigenvalue weighted by molar-refractivity contribution is -0.332. The van der Waals surface area contributed by atoms with Crippen LogP contribution in [0.2, 0.25) is 0 Å². The Morgan fingerprint density at radius 1 is 0.429 bits per heavy atom. The molecule has 0 saturated carbocycles. The van der Waals surface area contributed by atoms with Crippen LogP contribution in [0, 0.1) is 0 Å². The number of aliphatic hydroxyl groups is 7. The van der Waals surface area contributed by atoms with E-state index in [0.717, 1.165) is 57.8 Å². The lowest BCUT2D eigenvalue weighted by Crippen LogP contribution is -2.61. The van der Waals surface area contributed by atoms with Gasteiger partial charge in [-0.3, -0.25) is 4.79 Å². The van der Waals surface area contributed by atoms with Crippen LogP contribution in [0.25, 0.3) is 0 Å². The van der Waals surface area contributed by atoms with E-state index >= 15 is 0 Å². The van der Waals surface area contributed by atoms with Crippen molar-refractivity contribution >= 4 is 5.97 Å². The molecule has 0 aromatic carbocycles. The zero-order valence-electron chi connectivity index (χ0n) is 48.4. The van der Waals surface area contributed by atoms with Crippen LogP contribution in [0.5, 0.6) is 0 Å². The molecule has 2 heterocycles. The predicted octanol–water partition coefficient (Wildman–Crippen LogP) is 11.9. The Bertz CT molecular complexity index is 1460. The molecular formula is C63H114O14. The molecule has 2 rings (SSSR count). The maximum Gasteiger partial charge on any atom is 0.306 e. The third kappa shape index (κ3) is 36.1. The van der Waals surface area contributed by atoms with Gasteiger partial charge in [0.25, 0.3) is 0 Å². The van der Waals surface area contributed by atoms with E-state index in [2.05, 4.69) is 62.5 Å². The second-order valence-electron chi connectivity index (χ2n) is 21.9. The van der Waals surface area contributed by atoms with Crippen LogP contribution in [0.3, 0.4) is 0 Å². The Morgan fingerprint density at radius 3 is 1.27 bits per heavy atom. The number of rotatable bonds is 51. The molecule has 14 nitrogen and oxygen atoms in total. The first-order chi connectivity index (χ1) is 37.6. The van der Waals surface area contributed by atoms with Crippen LogP contribution in [-0.2, 0) is 33.2 Å². The summed E-state index contributed by atoms with van der Waals surface area (Å²) >= 11 is 0.